The fraction of sp³-hybridized carbons (Fsp3) is 0.625. The minimum absolute atomic E-state index is 0.00170. The molecule has 0 aromatic heterocycles. The van der Waals surface area contributed by atoms with Crippen LogP contribution < -0.4 is 10.5 Å². The van der Waals surface area contributed by atoms with E-state index in [1.807, 2.05) is 13.0 Å². The molecule has 0 saturated carbocycles. The number of hydrogen-bond acceptors (Lipinski definition) is 4. The standard InChI is InChI=1S/C16H25FN2O2/c1-3-19-6-7-20-14(10-19)11-21-16-5-4-13(8-12(2)18)9-15(16)17/h4-5,9,12,14H,3,6-8,10-11,18H2,1-2H3. The van der Waals surface area contributed by atoms with Crippen molar-refractivity contribution < 1.29 is 13.9 Å². The van der Waals surface area contributed by atoms with Gasteiger partial charge in [0, 0.05) is 19.1 Å². The summed E-state index contributed by atoms with van der Waals surface area (Å²) in [5, 5.41) is 0. The molecule has 4 nitrogen and oxygen atoms in total. The van der Waals surface area contributed by atoms with Gasteiger partial charge in [0.05, 0.1) is 6.61 Å². The lowest BCUT2D eigenvalue weighted by atomic mass is 10.1. The highest BCUT2D eigenvalue weighted by Crippen LogP contribution is 2.20. The second kappa shape index (κ2) is 7.73. The molecule has 2 unspecified atom stereocenters. The number of rotatable bonds is 6. The van der Waals surface area contributed by atoms with Gasteiger partial charge < -0.3 is 15.2 Å². The average molecular weight is 296 g/mol. The van der Waals surface area contributed by atoms with Gasteiger partial charge in [0.2, 0.25) is 0 Å². The molecule has 1 aliphatic rings. The first-order valence-corrected chi connectivity index (χ1v) is 7.59. The fourth-order valence-electron chi connectivity index (χ4n) is 2.51. The summed E-state index contributed by atoms with van der Waals surface area (Å²) < 4.78 is 25.2. The average Bonchev–Trinajstić information content (AvgIpc) is 2.46. The van der Waals surface area contributed by atoms with Gasteiger partial charge in [-0.1, -0.05) is 13.0 Å². The first-order chi connectivity index (χ1) is 10.1. The summed E-state index contributed by atoms with van der Waals surface area (Å²) in [6, 6.07) is 5.06. The van der Waals surface area contributed by atoms with Crippen LogP contribution in [-0.2, 0) is 11.2 Å². The molecule has 1 aromatic carbocycles. The van der Waals surface area contributed by atoms with Crippen molar-refractivity contribution in [2.45, 2.75) is 32.4 Å². The van der Waals surface area contributed by atoms with Gasteiger partial charge >= 0.3 is 0 Å². The minimum atomic E-state index is -0.337. The van der Waals surface area contributed by atoms with Crippen molar-refractivity contribution >= 4 is 0 Å². The lowest BCUT2D eigenvalue weighted by molar-refractivity contribution is -0.0468. The molecule has 0 amide bonds. The van der Waals surface area contributed by atoms with Crippen molar-refractivity contribution in [3.05, 3.63) is 29.6 Å². The summed E-state index contributed by atoms with van der Waals surface area (Å²) in [5.74, 6) is -0.0584. The molecule has 2 rings (SSSR count). The van der Waals surface area contributed by atoms with Crippen LogP contribution in [0.2, 0.25) is 0 Å². The van der Waals surface area contributed by atoms with Crippen molar-refractivity contribution in [2.75, 3.05) is 32.8 Å². The number of nitrogens with zero attached hydrogens (tertiary/aromatic N) is 1. The van der Waals surface area contributed by atoms with Crippen LogP contribution in [-0.4, -0.2) is 49.9 Å². The molecule has 1 aliphatic heterocycles. The number of nitrogens with two attached hydrogens (primary N) is 1. The van der Waals surface area contributed by atoms with Crippen molar-refractivity contribution in [1.29, 1.82) is 0 Å². The normalized spacial score (nSPS) is 21.2. The number of likely N-dealkylation sites (N-methyl/N-ethyl adjacent to an activating group) is 1. The van der Waals surface area contributed by atoms with Crippen LogP contribution >= 0.6 is 0 Å². The molecule has 2 atom stereocenters. The van der Waals surface area contributed by atoms with Gasteiger partial charge in [-0.2, -0.15) is 0 Å². The van der Waals surface area contributed by atoms with E-state index in [0.29, 0.717) is 19.6 Å². The predicted molar refractivity (Wildman–Crippen MR) is 81.1 cm³/mol. The SMILES string of the molecule is CCN1CCOC(COc2ccc(CC(C)N)cc2F)C1. The Morgan fingerprint density at radius 1 is 1.52 bits per heavy atom. The lowest BCUT2D eigenvalue weighted by Crippen LogP contribution is -2.44. The summed E-state index contributed by atoms with van der Waals surface area (Å²) in [6.45, 7) is 7.90. The van der Waals surface area contributed by atoms with E-state index in [9.17, 15) is 4.39 Å². The minimum Gasteiger partial charge on any atom is -0.488 e. The molecule has 0 spiro atoms. The van der Waals surface area contributed by atoms with Gasteiger partial charge in [-0.3, -0.25) is 4.90 Å². The van der Waals surface area contributed by atoms with Gasteiger partial charge in [0.25, 0.3) is 0 Å². The highest BCUT2D eigenvalue weighted by molar-refractivity contribution is 5.29. The van der Waals surface area contributed by atoms with E-state index < -0.39 is 0 Å². The van der Waals surface area contributed by atoms with E-state index in [0.717, 1.165) is 25.2 Å². The highest BCUT2D eigenvalue weighted by atomic mass is 19.1. The Hall–Kier alpha value is -1.17. The second-order valence-corrected chi connectivity index (χ2v) is 5.64. The Balaban J connectivity index is 1.88. The summed E-state index contributed by atoms with van der Waals surface area (Å²) >= 11 is 0. The molecule has 21 heavy (non-hydrogen) atoms. The maximum Gasteiger partial charge on any atom is 0.165 e. The molecule has 2 N–H and O–H groups in total. The van der Waals surface area contributed by atoms with E-state index in [4.69, 9.17) is 15.2 Å². The quantitative estimate of drug-likeness (QED) is 0.870. The van der Waals surface area contributed by atoms with Crippen LogP contribution in [0.5, 0.6) is 5.75 Å². The summed E-state index contributed by atoms with van der Waals surface area (Å²) in [6.07, 6.45) is 0.663. The van der Waals surface area contributed by atoms with Crippen molar-refractivity contribution in [2.24, 2.45) is 5.73 Å². The van der Waals surface area contributed by atoms with Crippen molar-refractivity contribution in [3.63, 3.8) is 0 Å². The molecule has 1 saturated heterocycles. The predicted octanol–water partition coefficient (Wildman–Crippen LogP) is 1.81. The van der Waals surface area contributed by atoms with Crippen molar-refractivity contribution in [3.8, 4) is 5.75 Å². The Labute approximate surface area is 126 Å². The number of hydrogen-bond donors (Lipinski definition) is 1. The van der Waals surface area contributed by atoms with Gasteiger partial charge in [-0.15, -0.1) is 0 Å². The number of morpholine rings is 1. The lowest BCUT2D eigenvalue weighted by Gasteiger charge is -2.31. The molecule has 5 heteroatoms. The van der Waals surface area contributed by atoms with Crippen LogP contribution in [0, 0.1) is 5.82 Å². The maximum absolute atomic E-state index is 14.0. The number of halogens is 1. The summed E-state index contributed by atoms with van der Waals surface area (Å²) in [4.78, 5) is 2.31. The number of benzene rings is 1. The largest absolute Gasteiger partial charge is 0.488 e. The van der Waals surface area contributed by atoms with Crippen LogP contribution in [0.25, 0.3) is 0 Å². The topological polar surface area (TPSA) is 47.7 Å². The molecule has 1 fully saturated rings. The summed E-state index contributed by atoms with van der Waals surface area (Å²) in [7, 11) is 0. The molecule has 118 valence electrons. The van der Waals surface area contributed by atoms with E-state index in [-0.39, 0.29) is 23.7 Å². The number of ether oxygens (including phenoxy) is 2. The third-order valence-electron chi connectivity index (χ3n) is 3.65. The van der Waals surface area contributed by atoms with E-state index in [1.54, 1.807) is 6.07 Å². The molecular formula is C16H25FN2O2. The third-order valence-corrected chi connectivity index (χ3v) is 3.65. The van der Waals surface area contributed by atoms with Crippen molar-refractivity contribution in [1.82, 2.24) is 4.90 Å². The molecule has 1 heterocycles. The zero-order chi connectivity index (χ0) is 15.2. The second-order valence-electron chi connectivity index (χ2n) is 5.64. The Bertz CT molecular complexity index is 454. The Kier molecular flexibility index (Phi) is 5.96. The zero-order valence-electron chi connectivity index (χ0n) is 12.8. The van der Waals surface area contributed by atoms with Gasteiger partial charge in [0.1, 0.15) is 12.7 Å². The monoisotopic (exact) mass is 296 g/mol. The molecule has 1 aromatic rings. The smallest absolute Gasteiger partial charge is 0.165 e. The van der Waals surface area contributed by atoms with Crippen LogP contribution in [0.15, 0.2) is 18.2 Å². The fourth-order valence-corrected chi connectivity index (χ4v) is 2.51. The molecule has 0 radical (unpaired) electrons. The van der Waals surface area contributed by atoms with Gasteiger partial charge in [-0.05, 0) is 37.6 Å². The van der Waals surface area contributed by atoms with E-state index >= 15 is 0 Å². The van der Waals surface area contributed by atoms with Crippen LogP contribution in [0.1, 0.15) is 19.4 Å². The van der Waals surface area contributed by atoms with Crippen LogP contribution in [0.3, 0.4) is 0 Å². The van der Waals surface area contributed by atoms with E-state index in [1.165, 1.54) is 6.07 Å². The zero-order valence-corrected chi connectivity index (χ0v) is 12.8. The molecule has 0 aliphatic carbocycles. The molecular weight excluding hydrogens is 271 g/mol. The third kappa shape index (κ3) is 4.95. The van der Waals surface area contributed by atoms with Crippen LogP contribution in [0.4, 0.5) is 4.39 Å². The Morgan fingerprint density at radius 3 is 3.00 bits per heavy atom. The maximum atomic E-state index is 14.0. The Morgan fingerprint density at radius 2 is 2.33 bits per heavy atom. The summed E-state index contributed by atoms with van der Waals surface area (Å²) in [5.41, 5.74) is 6.61. The first kappa shape index (κ1) is 16.2. The highest BCUT2D eigenvalue weighted by Gasteiger charge is 2.20. The van der Waals surface area contributed by atoms with E-state index in [2.05, 4.69) is 11.8 Å². The van der Waals surface area contributed by atoms with Gasteiger partial charge in [0.15, 0.2) is 11.6 Å². The van der Waals surface area contributed by atoms with Gasteiger partial charge in [-0.25, -0.2) is 4.39 Å². The molecule has 0 bridgehead atoms. The first-order valence-electron chi connectivity index (χ1n) is 7.59.